The van der Waals surface area contributed by atoms with E-state index in [2.05, 4.69) is 6.92 Å². The van der Waals surface area contributed by atoms with Crippen LogP contribution in [0, 0.1) is 0 Å². The predicted molar refractivity (Wildman–Crippen MR) is 114 cm³/mol. The molecule has 8 atom stereocenters. The lowest BCUT2D eigenvalue weighted by atomic mass is 9.99. The van der Waals surface area contributed by atoms with Crippen molar-refractivity contribution in [3.8, 4) is 0 Å². The molecule has 0 aromatic carbocycles. The van der Waals surface area contributed by atoms with Crippen molar-refractivity contribution in [2.45, 2.75) is 107 Å². The highest BCUT2D eigenvalue weighted by Gasteiger charge is 2.47. The SMILES string of the molecule is CCCCCCCCCCO[C@@H]1OC(CO)=C(O[C@H]2OC(CO)[C@@H](O)[C@H](O)[C@@H]2O)[C@@H](O)[C@H]1O. The van der Waals surface area contributed by atoms with Crippen molar-refractivity contribution < 1.29 is 54.7 Å². The molecule has 0 aromatic heterocycles. The first-order valence-corrected chi connectivity index (χ1v) is 11.8. The van der Waals surface area contributed by atoms with E-state index in [-0.39, 0.29) is 5.76 Å². The van der Waals surface area contributed by atoms with Gasteiger partial charge in [-0.25, -0.2) is 0 Å². The molecule has 11 nitrogen and oxygen atoms in total. The maximum atomic E-state index is 10.5. The lowest BCUT2D eigenvalue weighted by Gasteiger charge is -2.42. The topological polar surface area (TPSA) is 179 Å². The van der Waals surface area contributed by atoms with Crippen molar-refractivity contribution in [3.63, 3.8) is 0 Å². The van der Waals surface area contributed by atoms with Crippen LogP contribution in [0.4, 0.5) is 0 Å². The highest BCUT2D eigenvalue weighted by atomic mass is 16.7. The molecule has 0 saturated carbocycles. The molecular formula is C22H40O11. The maximum absolute atomic E-state index is 10.5. The van der Waals surface area contributed by atoms with Crippen LogP contribution in [0.5, 0.6) is 0 Å². The lowest BCUT2D eigenvalue weighted by molar-refractivity contribution is -0.301. The number of hydrogen-bond acceptors (Lipinski definition) is 11. The van der Waals surface area contributed by atoms with Gasteiger partial charge in [0.1, 0.15) is 43.2 Å². The summed E-state index contributed by atoms with van der Waals surface area (Å²) in [6.07, 6.45) is -3.36. The number of ether oxygens (including phenoxy) is 4. The molecule has 2 aliphatic rings. The number of aliphatic hydroxyl groups excluding tert-OH is 7. The molecule has 11 heteroatoms. The third-order valence-electron chi connectivity index (χ3n) is 5.92. The molecule has 2 aliphatic heterocycles. The Labute approximate surface area is 194 Å². The van der Waals surface area contributed by atoms with Crippen molar-refractivity contribution >= 4 is 0 Å². The molecule has 7 N–H and O–H groups in total. The maximum Gasteiger partial charge on any atom is 0.229 e. The second-order valence-electron chi connectivity index (χ2n) is 8.53. The summed E-state index contributed by atoms with van der Waals surface area (Å²) in [5.74, 6) is -0.632. The molecular weight excluding hydrogens is 440 g/mol. The van der Waals surface area contributed by atoms with Crippen LogP contribution < -0.4 is 0 Å². The molecule has 1 fully saturated rings. The Morgan fingerprint density at radius 1 is 0.758 bits per heavy atom. The third-order valence-corrected chi connectivity index (χ3v) is 5.92. The Morgan fingerprint density at radius 2 is 1.39 bits per heavy atom. The highest BCUT2D eigenvalue weighted by Crippen LogP contribution is 2.31. The van der Waals surface area contributed by atoms with Crippen LogP contribution in [0.1, 0.15) is 58.3 Å². The smallest absolute Gasteiger partial charge is 0.229 e. The monoisotopic (exact) mass is 480 g/mol. The first-order valence-electron chi connectivity index (χ1n) is 11.8. The molecule has 194 valence electrons. The van der Waals surface area contributed by atoms with E-state index in [1.165, 1.54) is 25.7 Å². The van der Waals surface area contributed by atoms with Gasteiger partial charge in [-0.3, -0.25) is 0 Å². The summed E-state index contributed by atoms with van der Waals surface area (Å²) in [5.41, 5.74) is 0. The van der Waals surface area contributed by atoms with Crippen molar-refractivity contribution in [1.82, 2.24) is 0 Å². The van der Waals surface area contributed by atoms with Gasteiger partial charge in [-0.2, -0.15) is 0 Å². The summed E-state index contributed by atoms with van der Waals surface area (Å²) in [7, 11) is 0. The minimum Gasteiger partial charge on any atom is -0.460 e. The molecule has 1 saturated heterocycles. The third kappa shape index (κ3) is 7.74. The van der Waals surface area contributed by atoms with E-state index < -0.39 is 68.2 Å². The zero-order valence-electron chi connectivity index (χ0n) is 19.2. The Balaban J connectivity index is 1.88. The molecule has 0 bridgehead atoms. The highest BCUT2D eigenvalue weighted by molar-refractivity contribution is 5.14. The molecule has 1 unspecified atom stereocenters. The van der Waals surface area contributed by atoms with E-state index in [0.717, 1.165) is 25.7 Å². The zero-order valence-corrected chi connectivity index (χ0v) is 19.2. The Kier molecular flexibility index (Phi) is 12.3. The van der Waals surface area contributed by atoms with Gasteiger partial charge in [0.25, 0.3) is 0 Å². The van der Waals surface area contributed by atoms with E-state index in [1.807, 2.05) is 0 Å². The minimum atomic E-state index is -1.73. The van der Waals surface area contributed by atoms with Crippen molar-refractivity contribution in [2.75, 3.05) is 19.8 Å². The summed E-state index contributed by atoms with van der Waals surface area (Å²) in [4.78, 5) is 0. The summed E-state index contributed by atoms with van der Waals surface area (Å²) in [6, 6.07) is 0. The molecule has 0 amide bonds. The summed E-state index contributed by atoms with van der Waals surface area (Å²) in [5, 5.41) is 69.7. The summed E-state index contributed by atoms with van der Waals surface area (Å²) >= 11 is 0. The van der Waals surface area contributed by atoms with E-state index in [0.29, 0.717) is 6.61 Å². The Hall–Kier alpha value is -1.02. The fraction of sp³-hybridized carbons (Fsp3) is 0.909. The quantitative estimate of drug-likeness (QED) is 0.155. The van der Waals surface area contributed by atoms with Crippen LogP contribution >= 0.6 is 0 Å². The van der Waals surface area contributed by atoms with Crippen molar-refractivity contribution in [3.05, 3.63) is 11.5 Å². The molecule has 0 radical (unpaired) electrons. The molecule has 0 aromatic rings. The van der Waals surface area contributed by atoms with Crippen LogP contribution in [0.2, 0.25) is 0 Å². The fourth-order valence-electron chi connectivity index (χ4n) is 3.85. The zero-order chi connectivity index (χ0) is 24.4. The Morgan fingerprint density at radius 3 is 2.00 bits per heavy atom. The van der Waals surface area contributed by atoms with E-state index >= 15 is 0 Å². The minimum absolute atomic E-state index is 0.231. The number of hydrogen-bond donors (Lipinski definition) is 7. The summed E-state index contributed by atoms with van der Waals surface area (Å²) in [6.45, 7) is 1.12. The van der Waals surface area contributed by atoms with Crippen molar-refractivity contribution in [2.24, 2.45) is 0 Å². The van der Waals surface area contributed by atoms with Gasteiger partial charge in [0.15, 0.2) is 11.5 Å². The van der Waals surface area contributed by atoms with Gasteiger partial charge in [0.2, 0.25) is 12.6 Å². The van der Waals surface area contributed by atoms with Crippen LogP contribution in [0.15, 0.2) is 11.5 Å². The van der Waals surface area contributed by atoms with Gasteiger partial charge < -0.3 is 54.7 Å². The van der Waals surface area contributed by atoms with E-state index in [4.69, 9.17) is 18.9 Å². The van der Waals surface area contributed by atoms with E-state index in [9.17, 15) is 35.7 Å². The number of rotatable bonds is 14. The van der Waals surface area contributed by atoms with Gasteiger partial charge in [-0.1, -0.05) is 51.9 Å². The largest absolute Gasteiger partial charge is 0.460 e. The van der Waals surface area contributed by atoms with Crippen LogP contribution in [0.25, 0.3) is 0 Å². The van der Waals surface area contributed by atoms with Gasteiger partial charge >= 0.3 is 0 Å². The first-order chi connectivity index (χ1) is 15.8. The fourth-order valence-corrected chi connectivity index (χ4v) is 3.85. The van der Waals surface area contributed by atoms with Crippen LogP contribution in [-0.4, -0.2) is 105 Å². The second-order valence-corrected chi connectivity index (χ2v) is 8.53. The Bertz CT molecular complexity index is 585. The van der Waals surface area contributed by atoms with Gasteiger partial charge in [-0.15, -0.1) is 0 Å². The van der Waals surface area contributed by atoms with Gasteiger partial charge in [0, 0.05) is 0 Å². The lowest BCUT2D eigenvalue weighted by Crippen LogP contribution is -2.59. The molecule has 2 rings (SSSR count). The average molecular weight is 481 g/mol. The molecule has 0 aliphatic carbocycles. The van der Waals surface area contributed by atoms with E-state index in [1.54, 1.807) is 0 Å². The summed E-state index contributed by atoms with van der Waals surface area (Å²) < 4.78 is 21.6. The number of aliphatic hydroxyl groups is 7. The number of unbranched alkanes of at least 4 members (excludes halogenated alkanes) is 7. The normalized spacial score (nSPS) is 34.9. The molecule has 2 heterocycles. The standard InChI is InChI=1S/C22H40O11/c1-2-3-4-5-6-7-8-9-10-30-21-19(29)17(27)20(14(12-24)32-21)33-22-18(28)16(26)15(25)13(11-23)31-22/h13,15-19,21-29H,2-12H2,1H3/t13?,15-,16+,17+,18+,19-,21-,22-/m1/s1. The van der Waals surface area contributed by atoms with Crippen LogP contribution in [0.3, 0.4) is 0 Å². The predicted octanol–water partition coefficient (Wildman–Crippen LogP) is -0.758. The first kappa shape index (κ1) is 28.2. The average Bonchev–Trinajstić information content (AvgIpc) is 2.82. The van der Waals surface area contributed by atoms with Crippen molar-refractivity contribution in [1.29, 1.82) is 0 Å². The second kappa shape index (κ2) is 14.4. The molecule has 0 spiro atoms. The van der Waals surface area contributed by atoms with Crippen LogP contribution in [-0.2, 0) is 18.9 Å². The van der Waals surface area contributed by atoms with Gasteiger partial charge in [0.05, 0.1) is 13.2 Å². The van der Waals surface area contributed by atoms with Gasteiger partial charge in [-0.05, 0) is 6.42 Å². The molecule has 33 heavy (non-hydrogen) atoms.